The van der Waals surface area contributed by atoms with Crippen molar-refractivity contribution < 1.29 is 0 Å². The summed E-state index contributed by atoms with van der Waals surface area (Å²) in [5, 5.41) is 0. The van der Waals surface area contributed by atoms with Gasteiger partial charge in [-0.05, 0) is 31.0 Å². The molecule has 1 aromatic heterocycles. The molecule has 2 rings (SSSR count). The van der Waals surface area contributed by atoms with Gasteiger partial charge in [0.05, 0.1) is 17.6 Å². The van der Waals surface area contributed by atoms with Crippen molar-refractivity contribution in [3.8, 4) is 0 Å². The Kier molecular flexibility index (Phi) is 2.04. The Hall–Kier alpha value is -1.35. The molecule has 0 amide bonds. The predicted octanol–water partition coefficient (Wildman–Crippen LogP) is 1.65. The maximum atomic E-state index is 5.62. The SMILES string of the molecule is Cc1cc(C)c2nc(CN)n(C)c2c1. The van der Waals surface area contributed by atoms with E-state index in [4.69, 9.17) is 5.73 Å². The summed E-state index contributed by atoms with van der Waals surface area (Å²) in [4.78, 5) is 4.51. The molecule has 0 saturated heterocycles. The Bertz CT molecular complexity index is 483. The fraction of sp³-hybridized carbons (Fsp3) is 0.364. The lowest BCUT2D eigenvalue weighted by Crippen LogP contribution is -2.04. The molecule has 1 aromatic carbocycles. The summed E-state index contributed by atoms with van der Waals surface area (Å²) in [5.74, 6) is 0.939. The van der Waals surface area contributed by atoms with E-state index in [0.29, 0.717) is 6.54 Å². The maximum Gasteiger partial charge on any atom is 0.123 e. The normalized spacial score (nSPS) is 11.1. The fourth-order valence-electron chi connectivity index (χ4n) is 1.86. The van der Waals surface area contributed by atoms with Crippen molar-refractivity contribution in [2.24, 2.45) is 12.8 Å². The summed E-state index contributed by atoms with van der Waals surface area (Å²) in [6, 6.07) is 4.30. The van der Waals surface area contributed by atoms with E-state index in [9.17, 15) is 0 Å². The average Bonchev–Trinajstić information content (AvgIpc) is 2.44. The summed E-state index contributed by atoms with van der Waals surface area (Å²) in [5.41, 5.74) is 10.3. The Balaban J connectivity index is 2.85. The van der Waals surface area contributed by atoms with E-state index in [1.807, 2.05) is 7.05 Å². The molecular weight excluding hydrogens is 174 g/mol. The summed E-state index contributed by atoms with van der Waals surface area (Å²) in [7, 11) is 2.01. The fourth-order valence-corrected chi connectivity index (χ4v) is 1.86. The van der Waals surface area contributed by atoms with Crippen molar-refractivity contribution >= 4 is 11.0 Å². The molecule has 3 heteroatoms. The van der Waals surface area contributed by atoms with Gasteiger partial charge in [-0.1, -0.05) is 6.07 Å². The second-order valence-corrected chi connectivity index (χ2v) is 3.74. The van der Waals surface area contributed by atoms with Crippen LogP contribution in [0.2, 0.25) is 0 Å². The number of fused-ring (bicyclic) bond motifs is 1. The monoisotopic (exact) mass is 189 g/mol. The zero-order valence-electron chi connectivity index (χ0n) is 8.83. The third-order valence-corrected chi connectivity index (χ3v) is 2.60. The number of aryl methyl sites for hydroxylation is 3. The minimum atomic E-state index is 0.490. The molecular formula is C11H15N3. The van der Waals surface area contributed by atoms with Crippen LogP contribution in [-0.4, -0.2) is 9.55 Å². The minimum Gasteiger partial charge on any atom is -0.330 e. The van der Waals surface area contributed by atoms with Crippen molar-refractivity contribution in [1.82, 2.24) is 9.55 Å². The summed E-state index contributed by atoms with van der Waals surface area (Å²) in [6.45, 7) is 4.67. The molecule has 74 valence electrons. The van der Waals surface area contributed by atoms with E-state index in [0.717, 1.165) is 11.3 Å². The molecule has 0 atom stereocenters. The van der Waals surface area contributed by atoms with Gasteiger partial charge in [0.1, 0.15) is 5.82 Å². The van der Waals surface area contributed by atoms with Gasteiger partial charge in [-0.25, -0.2) is 4.98 Å². The zero-order chi connectivity index (χ0) is 10.3. The molecule has 0 aliphatic heterocycles. The molecule has 0 saturated carbocycles. The number of hydrogen-bond acceptors (Lipinski definition) is 2. The lowest BCUT2D eigenvalue weighted by Gasteiger charge is -2.00. The van der Waals surface area contributed by atoms with Crippen LogP contribution in [0.15, 0.2) is 12.1 Å². The number of nitrogens with zero attached hydrogens (tertiary/aromatic N) is 2. The van der Waals surface area contributed by atoms with Crippen molar-refractivity contribution in [1.29, 1.82) is 0 Å². The van der Waals surface area contributed by atoms with Gasteiger partial charge in [-0.3, -0.25) is 0 Å². The Morgan fingerprint density at radius 1 is 1.36 bits per heavy atom. The lowest BCUT2D eigenvalue weighted by molar-refractivity contribution is 0.812. The largest absolute Gasteiger partial charge is 0.330 e. The van der Waals surface area contributed by atoms with Crippen LogP contribution in [0.25, 0.3) is 11.0 Å². The van der Waals surface area contributed by atoms with Crippen LogP contribution in [0.1, 0.15) is 17.0 Å². The van der Waals surface area contributed by atoms with Crippen LogP contribution in [0, 0.1) is 13.8 Å². The van der Waals surface area contributed by atoms with Gasteiger partial charge in [-0.15, -0.1) is 0 Å². The molecule has 1 heterocycles. The van der Waals surface area contributed by atoms with Gasteiger partial charge in [0.15, 0.2) is 0 Å². The number of nitrogens with two attached hydrogens (primary N) is 1. The Morgan fingerprint density at radius 2 is 2.07 bits per heavy atom. The maximum absolute atomic E-state index is 5.62. The zero-order valence-corrected chi connectivity index (χ0v) is 8.83. The second-order valence-electron chi connectivity index (χ2n) is 3.74. The molecule has 0 aliphatic rings. The Labute approximate surface area is 83.6 Å². The van der Waals surface area contributed by atoms with Gasteiger partial charge < -0.3 is 10.3 Å². The molecule has 2 N–H and O–H groups in total. The highest BCUT2D eigenvalue weighted by molar-refractivity contribution is 5.80. The first-order valence-electron chi connectivity index (χ1n) is 4.76. The van der Waals surface area contributed by atoms with E-state index in [-0.39, 0.29) is 0 Å². The van der Waals surface area contributed by atoms with Crippen LogP contribution in [0.4, 0.5) is 0 Å². The van der Waals surface area contributed by atoms with E-state index in [1.54, 1.807) is 0 Å². The molecule has 3 nitrogen and oxygen atoms in total. The van der Waals surface area contributed by atoms with Crippen LogP contribution in [-0.2, 0) is 13.6 Å². The second kappa shape index (κ2) is 3.10. The minimum absolute atomic E-state index is 0.490. The van der Waals surface area contributed by atoms with Crippen LogP contribution in [0.3, 0.4) is 0 Å². The smallest absolute Gasteiger partial charge is 0.123 e. The number of imidazole rings is 1. The number of rotatable bonds is 1. The highest BCUT2D eigenvalue weighted by Crippen LogP contribution is 2.20. The quantitative estimate of drug-likeness (QED) is 0.741. The van der Waals surface area contributed by atoms with Crippen molar-refractivity contribution in [3.63, 3.8) is 0 Å². The summed E-state index contributed by atoms with van der Waals surface area (Å²) >= 11 is 0. The van der Waals surface area contributed by atoms with Crippen molar-refractivity contribution in [2.45, 2.75) is 20.4 Å². The topological polar surface area (TPSA) is 43.8 Å². The number of hydrogen-bond donors (Lipinski definition) is 1. The van der Waals surface area contributed by atoms with Crippen LogP contribution >= 0.6 is 0 Å². The first kappa shape index (κ1) is 9.21. The molecule has 0 radical (unpaired) electrons. The van der Waals surface area contributed by atoms with Gasteiger partial charge in [0, 0.05) is 7.05 Å². The van der Waals surface area contributed by atoms with E-state index in [2.05, 4.69) is 35.5 Å². The van der Waals surface area contributed by atoms with Gasteiger partial charge in [0.25, 0.3) is 0 Å². The molecule has 0 spiro atoms. The van der Waals surface area contributed by atoms with Gasteiger partial charge >= 0.3 is 0 Å². The number of benzene rings is 1. The molecule has 0 aliphatic carbocycles. The lowest BCUT2D eigenvalue weighted by atomic mass is 10.1. The first-order valence-corrected chi connectivity index (χ1v) is 4.76. The van der Waals surface area contributed by atoms with Gasteiger partial charge in [0.2, 0.25) is 0 Å². The average molecular weight is 189 g/mol. The van der Waals surface area contributed by atoms with Crippen LogP contribution in [0.5, 0.6) is 0 Å². The third kappa shape index (κ3) is 1.21. The molecule has 0 bridgehead atoms. The van der Waals surface area contributed by atoms with E-state index < -0.39 is 0 Å². The van der Waals surface area contributed by atoms with Crippen LogP contribution < -0.4 is 5.73 Å². The highest BCUT2D eigenvalue weighted by atomic mass is 15.1. The standard InChI is InChI=1S/C11H15N3/c1-7-4-8(2)11-9(5-7)14(3)10(6-12)13-11/h4-5H,6,12H2,1-3H3. The third-order valence-electron chi connectivity index (χ3n) is 2.60. The van der Waals surface area contributed by atoms with E-state index in [1.165, 1.54) is 16.6 Å². The number of aromatic nitrogens is 2. The first-order chi connectivity index (χ1) is 6.63. The molecule has 0 unspecified atom stereocenters. The Morgan fingerprint density at radius 3 is 2.71 bits per heavy atom. The van der Waals surface area contributed by atoms with Crippen molar-refractivity contribution in [3.05, 3.63) is 29.1 Å². The molecule has 0 fully saturated rings. The summed E-state index contributed by atoms with van der Waals surface area (Å²) in [6.07, 6.45) is 0. The molecule has 2 aromatic rings. The van der Waals surface area contributed by atoms with Crippen molar-refractivity contribution in [2.75, 3.05) is 0 Å². The summed E-state index contributed by atoms with van der Waals surface area (Å²) < 4.78 is 2.06. The molecule has 14 heavy (non-hydrogen) atoms. The predicted molar refractivity (Wildman–Crippen MR) is 58.1 cm³/mol. The van der Waals surface area contributed by atoms with E-state index >= 15 is 0 Å². The highest BCUT2D eigenvalue weighted by Gasteiger charge is 2.08. The van der Waals surface area contributed by atoms with Gasteiger partial charge in [-0.2, -0.15) is 0 Å².